The number of nitrogens with zero attached hydrogens (tertiary/aromatic N) is 1. The average Bonchev–Trinajstić information content (AvgIpc) is 2.96. The van der Waals surface area contributed by atoms with Gasteiger partial charge in [0, 0.05) is 23.3 Å². The second-order valence-electron chi connectivity index (χ2n) is 5.69. The summed E-state index contributed by atoms with van der Waals surface area (Å²) in [5.41, 5.74) is 3.25. The molecule has 3 aromatic rings. The molecule has 0 saturated carbocycles. The third-order valence-corrected chi connectivity index (χ3v) is 5.39. The van der Waals surface area contributed by atoms with Crippen LogP contribution in [0.25, 0.3) is 10.1 Å². The normalized spacial score (nSPS) is 17.8. The van der Waals surface area contributed by atoms with Gasteiger partial charge in [-0.1, -0.05) is 23.7 Å². The number of carbonyl (C=O) groups excluding carboxylic acids is 1. The van der Waals surface area contributed by atoms with Crippen molar-refractivity contribution in [2.45, 2.75) is 12.5 Å². The maximum atomic E-state index is 12.7. The van der Waals surface area contributed by atoms with Crippen LogP contribution in [0.1, 0.15) is 22.6 Å². The minimum absolute atomic E-state index is 0.143. The van der Waals surface area contributed by atoms with E-state index >= 15 is 0 Å². The third-order valence-electron chi connectivity index (χ3n) is 4.26. The Morgan fingerprint density at radius 3 is 2.91 bits per heavy atom. The lowest BCUT2D eigenvalue weighted by molar-refractivity contribution is -0.131. The summed E-state index contributed by atoms with van der Waals surface area (Å²) in [5, 5.41) is 3.99. The van der Waals surface area contributed by atoms with Crippen LogP contribution in [-0.2, 0) is 11.3 Å². The Balaban J connectivity index is 1.90. The Hall–Kier alpha value is -1.84. The van der Waals surface area contributed by atoms with Gasteiger partial charge in [-0.2, -0.15) is 0 Å². The maximum absolute atomic E-state index is 12.7. The van der Waals surface area contributed by atoms with E-state index in [0.29, 0.717) is 11.6 Å². The van der Waals surface area contributed by atoms with Gasteiger partial charge in [-0.25, -0.2) is 0 Å². The summed E-state index contributed by atoms with van der Waals surface area (Å²) in [4.78, 5) is 14.5. The quantitative estimate of drug-likeness (QED) is 0.636. The zero-order chi connectivity index (χ0) is 15.3. The number of halogens is 1. The van der Waals surface area contributed by atoms with Gasteiger partial charge in [0.1, 0.15) is 0 Å². The molecule has 110 valence electrons. The summed E-state index contributed by atoms with van der Waals surface area (Å²) in [5.74, 6) is -0.0975. The van der Waals surface area contributed by atoms with Crippen molar-refractivity contribution in [3.8, 4) is 0 Å². The lowest BCUT2D eigenvalue weighted by atomic mass is 9.84. The van der Waals surface area contributed by atoms with Gasteiger partial charge in [0.15, 0.2) is 0 Å². The Morgan fingerprint density at radius 2 is 2.05 bits per heavy atom. The van der Waals surface area contributed by atoms with E-state index in [4.69, 9.17) is 11.6 Å². The first kappa shape index (κ1) is 13.8. The highest BCUT2D eigenvalue weighted by Crippen LogP contribution is 2.36. The molecule has 1 amide bonds. The van der Waals surface area contributed by atoms with Crippen molar-refractivity contribution in [3.63, 3.8) is 0 Å². The molecule has 1 aliphatic heterocycles. The van der Waals surface area contributed by atoms with Crippen LogP contribution in [0.5, 0.6) is 0 Å². The standard InChI is InChI=1S/C18H14ClNOS/c1-20-10-13-9-14(19)3-4-15(13)17(18(20)21)12-2-5-16-11(8-12)6-7-22-16/h2-9,17H,10H2,1H3. The number of benzene rings is 2. The first-order chi connectivity index (χ1) is 10.6. The molecule has 4 rings (SSSR count). The fraction of sp³-hybridized carbons (Fsp3) is 0.167. The van der Waals surface area contributed by atoms with Gasteiger partial charge in [0.25, 0.3) is 0 Å². The molecule has 0 N–H and O–H groups in total. The Morgan fingerprint density at radius 1 is 1.18 bits per heavy atom. The molecule has 1 unspecified atom stereocenters. The topological polar surface area (TPSA) is 20.3 Å². The van der Waals surface area contributed by atoms with Crippen molar-refractivity contribution < 1.29 is 4.79 Å². The number of thiophene rings is 1. The summed E-state index contributed by atoms with van der Waals surface area (Å²) in [6, 6.07) is 14.2. The molecule has 0 bridgehead atoms. The molecule has 4 heteroatoms. The minimum Gasteiger partial charge on any atom is -0.341 e. The molecule has 0 radical (unpaired) electrons. The van der Waals surface area contributed by atoms with E-state index in [1.807, 2.05) is 25.2 Å². The van der Waals surface area contributed by atoms with E-state index in [1.54, 1.807) is 16.2 Å². The van der Waals surface area contributed by atoms with Crippen LogP contribution < -0.4 is 0 Å². The Labute approximate surface area is 137 Å². The highest BCUT2D eigenvalue weighted by atomic mass is 35.5. The number of carbonyl (C=O) groups is 1. The molecular formula is C18H14ClNOS. The monoisotopic (exact) mass is 327 g/mol. The van der Waals surface area contributed by atoms with Gasteiger partial charge in [0.2, 0.25) is 5.91 Å². The first-order valence-corrected chi connectivity index (χ1v) is 8.40. The first-order valence-electron chi connectivity index (χ1n) is 7.14. The van der Waals surface area contributed by atoms with Crippen LogP contribution in [0.4, 0.5) is 0 Å². The second kappa shape index (κ2) is 5.11. The summed E-state index contributed by atoms with van der Waals surface area (Å²) < 4.78 is 1.25. The molecule has 1 aliphatic rings. The number of hydrogen-bond donors (Lipinski definition) is 0. The number of hydrogen-bond acceptors (Lipinski definition) is 2. The van der Waals surface area contributed by atoms with Crippen LogP contribution >= 0.6 is 22.9 Å². The molecule has 0 aliphatic carbocycles. The van der Waals surface area contributed by atoms with Crippen molar-refractivity contribution in [3.05, 3.63) is 69.6 Å². The van der Waals surface area contributed by atoms with Gasteiger partial charge >= 0.3 is 0 Å². The van der Waals surface area contributed by atoms with Gasteiger partial charge in [-0.15, -0.1) is 11.3 Å². The number of likely N-dealkylation sites (N-methyl/N-ethyl adjacent to an activating group) is 1. The van der Waals surface area contributed by atoms with Gasteiger partial charge in [-0.05, 0) is 57.8 Å². The fourth-order valence-corrected chi connectivity index (χ4v) is 4.13. The van der Waals surface area contributed by atoms with Crippen molar-refractivity contribution in [2.75, 3.05) is 7.05 Å². The van der Waals surface area contributed by atoms with E-state index in [2.05, 4.69) is 29.6 Å². The highest BCUT2D eigenvalue weighted by Gasteiger charge is 2.32. The van der Waals surface area contributed by atoms with E-state index in [1.165, 1.54) is 10.1 Å². The van der Waals surface area contributed by atoms with Gasteiger partial charge < -0.3 is 4.90 Å². The number of amides is 1. The van der Waals surface area contributed by atoms with Gasteiger partial charge in [-0.3, -0.25) is 4.79 Å². The number of rotatable bonds is 1. The molecule has 0 spiro atoms. The zero-order valence-electron chi connectivity index (χ0n) is 12.0. The summed E-state index contributed by atoms with van der Waals surface area (Å²) in [6.07, 6.45) is 0. The Bertz CT molecular complexity index is 886. The summed E-state index contributed by atoms with van der Waals surface area (Å²) in [7, 11) is 1.85. The predicted octanol–water partition coefficient (Wildman–Crippen LogP) is 4.66. The van der Waals surface area contributed by atoms with Crippen molar-refractivity contribution in [2.24, 2.45) is 0 Å². The molecule has 1 atom stereocenters. The summed E-state index contributed by atoms with van der Waals surface area (Å²) in [6.45, 7) is 0.617. The smallest absolute Gasteiger partial charge is 0.234 e. The van der Waals surface area contributed by atoms with Crippen molar-refractivity contribution in [1.82, 2.24) is 4.90 Å². The lowest BCUT2D eigenvalue weighted by Crippen LogP contribution is -2.36. The molecule has 2 aromatic carbocycles. The average molecular weight is 328 g/mol. The van der Waals surface area contributed by atoms with E-state index in [0.717, 1.165) is 16.7 Å². The van der Waals surface area contributed by atoms with Crippen LogP contribution in [0, 0.1) is 0 Å². The number of fused-ring (bicyclic) bond motifs is 2. The largest absolute Gasteiger partial charge is 0.341 e. The lowest BCUT2D eigenvalue weighted by Gasteiger charge is -2.32. The molecule has 0 saturated heterocycles. The zero-order valence-corrected chi connectivity index (χ0v) is 13.6. The molecule has 1 aromatic heterocycles. The van der Waals surface area contributed by atoms with E-state index < -0.39 is 0 Å². The molecule has 2 nitrogen and oxygen atoms in total. The van der Waals surface area contributed by atoms with Crippen LogP contribution in [-0.4, -0.2) is 17.9 Å². The highest BCUT2D eigenvalue weighted by molar-refractivity contribution is 7.17. The fourth-order valence-electron chi connectivity index (χ4n) is 3.17. The van der Waals surface area contributed by atoms with E-state index in [-0.39, 0.29) is 11.8 Å². The summed E-state index contributed by atoms with van der Waals surface area (Å²) >= 11 is 7.83. The van der Waals surface area contributed by atoms with Crippen molar-refractivity contribution >= 4 is 38.9 Å². The Kier molecular flexibility index (Phi) is 3.21. The van der Waals surface area contributed by atoms with Gasteiger partial charge in [0.05, 0.1) is 5.92 Å². The van der Waals surface area contributed by atoms with Crippen molar-refractivity contribution in [1.29, 1.82) is 0 Å². The SMILES string of the molecule is CN1Cc2cc(Cl)ccc2C(c2ccc3sccc3c2)C1=O. The van der Waals surface area contributed by atoms with Crippen LogP contribution in [0.3, 0.4) is 0 Å². The van der Waals surface area contributed by atoms with Crippen LogP contribution in [0.15, 0.2) is 47.8 Å². The molecule has 2 heterocycles. The van der Waals surface area contributed by atoms with E-state index in [9.17, 15) is 4.79 Å². The molecule has 0 fully saturated rings. The van der Waals surface area contributed by atoms with Crippen LogP contribution in [0.2, 0.25) is 5.02 Å². The predicted molar refractivity (Wildman–Crippen MR) is 91.6 cm³/mol. The molecular weight excluding hydrogens is 314 g/mol. The minimum atomic E-state index is -0.240. The molecule has 22 heavy (non-hydrogen) atoms. The second-order valence-corrected chi connectivity index (χ2v) is 7.07. The third kappa shape index (κ3) is 2.13. The maximum Gasteiger partial charge on any atom is 0.234 e.